The second-order valence-electron chi connectivity index (χ2n) is 1.45. The lowest BCUT2D eigenvalue weighted by Gasteiger charge is -1.99. The molecule has 0 aromatic rings. The summed E-state index contributed by atoms with van der Waals surface area (Å²) in [5.41, 5.74) is 10.2. The minimum absolute atomic E-state index is 0.0532. The Balaban J connectivity index is 3.34. The van der Waals surface area contributed by atoms with E-state index in [2.05, 4.69) is 0 Å². The third-order valence-electron chi connectivity index (χ3n) is 0.776. The van der Waals surface area contributed by atoms with Crippen molar-refractivity contribution in [3.63, 3.8) is 0 Å². The van der Waals surface area contributed by atoms with Crippen LogP contribution in [-0.2, 0) is 4.79 Å². The lowest BCUT2D eigenvalue weighted by molar-refractivity contribution is -0.117. The highest BCUT2D eigenvalue weighted by Gasteiger charge is 2.01. The predicted octanol–water partition coefficient (Wildman–Crippen LogP) is -1.14. The third kappa shape index (κ3) is 2.31. The van der Waals surface area contributed by atoms with Gasteiger partial charge in [-0.2, -0.15) is 0 Å². The molecule has 0 bridgehead atoms. The van der Waals surface area contributed by atoms with Crippen LogP contribution in [0.15, 0.2) is 0 Å². The molecule has 0 radical (unpaired) electrons. The molecule has 0 aromatic carbocycles. The smallest absolute Gasteiger partial charge is 0.147 e. The SMILES string of the molecule is CC(=O)C(N)CN. The maximum atomic E-state index is 10.2. The van der Waals surface area contributed by atoms with Gasteiger partial charge < -0.3 is 11.5 Å². The highest BCUT2D eigenvalue weighted by atomic mass is 16.1. The van der Waals surface area contributed by atoms with Crippen LogP contribution < -0.4 is 11.5 Å². The van der Waals surface area contributed by atoms with E-state index in [-0.39, 0.29) is 12.3 Å². The van der Waals surface area contributed by atoms with Crippen molar-refractivity contribution in [1.29, 1.82) is 0 Å². The van der Waals surface area contributed by atoms with Gasteiger partial charge in [0.25, 0.3) is 0 Å². The van der Waals surface area contributed by atoms with E-state index in [4.69, 9.17) is 11.5 Å². The van der Waals surface area contributed by atoms with E-state index in [1.807, 2.05) is 0 Å². The zero-order chi connectivity index (χ0) is 5.86. The van der Waals surface area contributed by atoms with E-state index in [1.54, 1.807) is 0 Å². The second-order valence-corrected chi connectivity index (χ2v) is 1.45. The molecule has 7 heavy (non-hydrogen) atoms. The molecule has 3 heteroatoms. The van der Waals surface area contributed by atoms with E-state index >= 15 is 0 Å². The summed E-state index contributed by atoms with van der Waals surface area (Å²) < 4.78 is 0. The predicted molar refractivity (Wildman–Crippen MR) is 27.7 cm³/mol. The van der Waals surface area contributed by atoms with Gasteiger partial charge in [0.2, 0.25) is 0 Å². The molecule has 0 rings (SSSR count). The number of nitrogens with two attached hydrogens (primary N) is 2. The van der Waals surface area contributed by atoms with Gasteiger partial charge in [-0.3, -0.25) is 4.79 Å². The van der Waals surface area contributed by atoms with Gasteiger partial charge in [0, 0.05) is 6.54 Å². The summed E-state index contributed by atoms with van der Waals surface area (Å²) in [6.07, 6.45) is 0. The standard InChI is InChI=1S/C4H10N2O/c1-3(7)4(6)2-5/h4H,2,5-6H2,1H3. The molecule has 0 aromatic heterocycles. The fraction of sp³-hybridized carbons (Fsp3) is 0.750. The maximum absolute atomic E-state index is 10.2. The van der Waals surface area contributed by atoms with Crippen molar-refractivity contribution in [1.82, 2.24) is 0 Å². The van der Waals surface area contributed by atoms with Crippen molar-refractivity contribution < 1.29 is 4.79 Å². The van der Waals surface area contributed by atoms with Crippen LogP contribution in [0.3, 0.4) is 0 Å². The van der Waals surface area contributed by atoms with Crippen molar-refractivity contribution in [2.24, 2.45) is 11.5 Å². The summed E-state index contributed by atoms with van der Waals surface area (Å²) in [5, 5.41) is 0. The zero-order valence-corrected chi connectivity index (χ0v) is 4.35. The average Bonchev–Trinajstić information content (AvgIpc) is 1.65. The van der Waals surface area contributed by atoms with Crippen molar-refractivity contribution >= 4 is 5.78 Å². The topological polar surface area (TPSA) is 69.1 Å². The molecule has 0 heterocycles. The van der Waals surface area contributed by atoms with Gasteiger partial charge in [-0.05, 0) is 6.92 Å². The highest BCUT2D eigenvalue weighted by Crippen LogP contribution is 1.72. The Morgan fingerprint density at radius 3 is 2.29 bits per heavy atom. The van der Waals surface area contributed by atoms with Crippen LogP contribution in [-0.4, -0.2) is 18.4 Å². The van der Waals surface area contributed by atoms with E-state index in [9.17, 15) is 4.79 Å². The monoisotopic (exact) mass is 102 g/mol. The van der Waals surface area contributed by atoms with E-state index in [1.165, 1.54) is 6.92 Å². The van der Waals surface area contributed by atoms with Crippen LogP contribution in [0.4, 0.5) is 0 Å². The van der Waals surface area contributed by atoms with Gasteiger partial charge in [0.1, 0.15) is 5.78 Å². The lowest BCUT2D eigenvalue weighted by atomic mass is 10.2. The molecule has 0 saturated carbocycles. The molecule has 4 N–H and O–H groups in total. The Morgan fingerprint density at radius 1 is 1.86 bits per heavy atom. The van der Waals surface area contributed by atoms with E-state index in [0.29, 0.717) is 0 Å². The Labute approximate surface area is 42.7 Å². The fourth-order valence-electron chi connectivity index (χ4n) is 0.166. The fourth-order valence-corrected chi connectivity index (χ4v) is 0.166. The molecule has 42 valence electrons. The van der Waals surface area contributed by atoms with Gasteiger partial charge in [-0.25, -0.2) is 0 Å². The third-order valence-corrected chi connectivity index (χ3v) is 0.776. The number of carbonyl (C=O) groups excluding carboxylic acids is 1. The Hall–Kier alpha value is -0.410. The van der Waals surface area contributed by atoms with Crippen molar-refractivity contribution in [2.45, 2.75) is 13.0 Å². The molecule has 0 aliphatic rings. The average molecular weight is 102 g/mol. The summed E-state index contributed by atoms with van der Waals surface area (Å²) >= 11 is 0. The number of carbonyl (C=O) groups is 1. The highest BCUT2D eigenvalue weighted by molar-refractivity contribution is 5.81. The molecule has 0 amide bonds. The van der Waals surface area contributed by atoms with Crippen LogP contribution in [0.25, 0.3) is 0 Å². The second kappa shape index (κ2) is 2.71. The molecule has 0 aliphatic heterocycles. The van der Waals surface area contributed by atoms with Crippen LogP contribution in [0, 0.1) is 0 Å². The molecule has 0 aliphatic carbocycles. The number of Topliss-reactive ketones (excluding diaryl/α,β-unsaturated/α-hetero) is 1. The molecular formula is C4H10N2O. The summed E-state index contributed by atoms with van der Waals surface area (Å²) in [5.74, 6) is -0.0532. The van der Waals surface area contributed by atoms with Gasteiger partial charge in [-0.15, -0.1) is 0 Å². The summed E-state index contributed by atoms with van der Waals surface area (Å²) in [6.45, 7) is 1.67. The number of hydrogen-bond acceptors (Lipinski definition) is 3. The molecule has 0 spiro atoms. The quantitative estimate of drug-likeness (QED) is 0.463. The molecule has 1 atom stereocenters. The Bertz CT molecular complexity index is 72.1. The normalized spacial score (nSPS) is 13.6. The Morgan fingerprint density at radius 2 is 2.29 bits per heavy atom. The minimum atomic E-state index is -0.458. The van der Waals surface area contributed by atoms with E-state index < -0.39 is 6.04 Å². The lowest BCUT2D eigenvalue weighted by Crippen LogP contribution is -2.35. The van der Waals surface area contributed by atoms with Gasteiger partial charge in [0.15, 0.2) is 0 Å². The minimum Gasteiger partial charge on any atom is -0.328 e. The molecule has 3 nitrogen and oxygen atoms in total. The summed E-state index contributed by atoms with van der Waals surface area (Å²) in [7, 11) is 0. The van der Waals surface area contributed by atoms with Crippen molar-refractivity contribution in [3.8, 4) is 0 Å². The molecule has 1 unspecified atom stereocenters. The number of hydrogen-bond donors (Lipinski definition) is 2. The first-order valence-electron chi connectivity index (χ1n) is 2.14. The van der Waals surface area contributed by atoms with Crippen molar-refractivity contribution in [3.05, 3.63) is 0 Å². The van der Waals surface area contributed by atoms with Crippen LogP contribution >= 0.6 is 0 Å². The summed E-state index contributed by atoms with van der Waals surface area (Å²) in [4.78, 5) is 10.2. The first-order chi connectivity index (χ1) is 3.18. The van der Waals surface area contributed by atoms with Crippen LogP contribution in [0.5, 0.6) is 0 Å². The first-order valence-corrected chi connectivity index (χ1v) is 2.14. The Kier molecular flexibility index (Phi) is 2.55. The largest absolute Gasteiger partial charge is 0.328 e. The van der Waals surface area contributed by atoms with Crippen molar-refractivity contribution in [2.75, 3.05) is 6.54 Å². The molecular weight excluding hydrogens is 92.1 g/mol. The van der Waals surface area contributed by atoms with Gasteiger partial charge in [-0.1, -0.05) is 0 Å². The van der Waals surface area contributed by atoms with Crippen LogP contribution in [0.1, 0.15) is 6.92 Å². The zero-order valence-electron chi connectivity index (χ0n) is 4.35. The first kappa shape index (κ1) is 6.59. The molecule has 0 fully saturated rings. The maximum Gasteiger partial charge on any atom is 0.147 e. The summed E-state index contributed by atoms with van der Waals surface area (Å²) in [6, 6.07) is -0.458. The van der Waals surface area contributed by atoms with Crippen LogP contribution in [0.2, 0.25) is 0 Å². The van der Waals surface area contributed by atoms with Gasteiger partial charge in [0.05, 0.1) is 6.04 Å². The van der Waals surface area contributed by atoms with E-state index in [0.717, 1.165) is 0 Å². The van der Waals surface area contributed by atoms with Gasteiger partial charge >= 0.3 is 0 Å². The molecule has 0 saturated heterocycles. The number of ketones is 1. The number of rotatable bonds is 2.